The van der Waals surface area contributed by atoms with E-state index in [2.05, 4.69) is 21.9 Å². The van der Waals surface area contributed by atoms with Gasteiger partial charge in [-0.15, -0.1) is 0 Å². The molecule has 1 rings (SSSR count). The maximum absolute atomic E-state index is 11.8. The zero-order chi connectivity index (χ0) is 15.2. The van der Waals surface area contributed by atoms with E-state index >= 15 is 0 Å². The first kappa shape index (κ1) is 16.9. The summed E-state index contributed by atoms with van der Waals surface area (Å²) in [6.07, 6.45) is 1.03. The third-order valence-corrected chi connectivity index (χ3v) is 4.48. The maximum Gasteiger partial charge on any atom is 0.240 e. The van der Waals surface area contributed by atoms with Crippen LogP contribution in [0.3, 0.4) is 0 Å². The van der Waals surface area contributed by atoms with E-state index < -0.39 is 10.0 Å². The quantitative estimate of drug-likeness (QED) is 0.767. The van der Waals surface area contributed by atoms with E-state index in [4.69, 9.17) is 0 Å². The molecular weight excluding hydrogens is 274 g/mol. The molecule has 0 heterocycles. The number of sulfonamides is 1. The van der Waals surface area contributed by atoms with Crippen molar-refractivity contribution in [2.75, 3.05) is 32.5 Å². The van der Waals surface area contributed by atoms with Gasteiger partial charge in [0.2, 0.25) is 10.0 Å². The van der Waals surface area contributed by atoms with Crippen LogP contribution >= 0.6 is 0 Å². The smallest absolute Gasteiger partial charge is 0.240 e. The Balaban J connectivity index is 2.63. The summed E-state index contributed by atoms with van der Waals surface area (Å²) >= 11 is 0. The lowest BCUT2D eigenvalue weighted by molar-refractivity contribution is 0.390. The van der Waals surface area contributed by atoms with Crippen LogP contribution in [0, 0.1) is 0 Å². The van der Waals surface area contributed by atoms with Gasteiger partial charge in [0.25, 0.3) is 0 Å². The topological polar surface area (TPSA) is 61.4 Å². The van der Waals surface area contributed by atoms with Crippen molar-refractivity contribution in [3.63, 3.8) is 0 Å². The second kappa shape index (κ2) is 7.61. The van der Waals surface area contributed by atoms with Crippen LogP contribution in [0.1, 0.15) is 20.3 Å². The van der Waals surface area contributed by atoms with Gasteiger partial charge in [-0.2, -0.15) is 0 Å². The summed E-state index contributed by atoms with van der Waals surface area (Å²) in [5.74, 6) is 0. The molecule has 1 aromatic rings. The Kier molecular flexibility index (Phi) is 6.45. The molecule has 6 heteroatoms. The number of hydrogen-bond donors (Lipinski definition) is 2. The average Bonchev–Trinajstić information content (AvgIpc) is 2.37. The highest BCUT2D eigenvalue weighted by Crippen LogP contribution is 2.15. The van der Waals surface area contributed by atoms with E-state index in [1.807, 2.05) is 14.1 Å². The van der Waals surface area contributed by atoms with Gasteiger partial charge in [0, 0.05) is 18.3 Å². The van der Waals surface area contributed by atoms with Crippen molar-refractivity contribution < 1.29 is 8.42 Å². The van der Waals surface area contributed by atoms with E-state index in [1.54, 1.807) is 31.2 Å². The van der Waals surface area contributed by atoms with Crippen LogP contribution in [0.2, 0.25) is 0 Å². The van der Waals surface area contributed by atoms with Crippen molar-refractivity contribution in [1.82, 2.24) is 9.62 Å². The zero-order valence-corrected chi connectivity index (χ0v) is 13.5. The molecule has 1 atom stereocenters. The lowest BCUT2D eigenvalue weighted by atomic mass is 10.2. The molecule has 0 saturated carbocycles. The Morgan fingerprint density at radius 3 is 2.30 bits per heavy atom. The molecule has 114 valence electrons. The van der Waals surface area contributed by atoms with Gasteiger partial charge in [0.05, 0.1) is 4.90 Å². The van der Waals surface area contributed by atoms with Gasteiger partial charge in [-0.3, -0.25) is 0 Å². The highest BCUT2D eigenvalue weighted by Gasteiger charge is 2.12. The molecule has 20 heavy (non-hydrogen) atoms. The standard InChI is InChI=1S/C14H25N3O2S/c1-5-15-20(18,19)14-8-6-13(7-9-14)16-12(2)10-11-17(3)4/h6-9,12,15-16H,5,10-11H2,1-4H3. The molecule has 0 radical (unpaired) electrons. The van der Waals surface area contributed by atoms with Crippen molar-refractivity contribution in [3.8, 4) is 0 Å². The molecule has 5 nitrogen and oxygen atoms in total. The molecular formula is C14H25N3O2S. The highest BCUT2D eigenvalue weighted by molar-refractivity contribution is 7.89. The van der Waals surface area contributed by atoms with E-state index in [9.17, 15) is 8.42 Å². The van der Waals surface area contributed by atoms with Crippen LogP contribution in [0.25, 0.3) is 0 Å². The number of nitrogens with one attached hydrogen (secondary N) is 2. The van der Waals surface area contributed by atoms with Crippen LogP contribution in [-0.2, 0) is 10.0 Å². The normalized spacial score (nSPS) is 13.4. The molecule has 0 bridgehead atoms. The summed E-state index contributed by atoms with van der Waals surface area (Å²) in [5, 5.41) is 3.37. The Bertz CT molecular complexity index is 498. The van der Waals surface area contributed by atoms with Gasteiger partial charge in [-0.25, -0.2) is 13.1 Å². The third-order valence-electron chi connectivity index (χ3n) is 2.92. The summed E-state index contributed by atoms with van der Waals surface area (Å²) in [6.45, 7) is 5.29. The monoisotopic (exact) mass is 299 g/mol. The van der Waals surface area contributed by atoms with Crippen molar-refractivity contribution in [2.45, 2.75) is 31.2 Å². The van der Waals surface area contributed by atoms with Crippen LogP contribution in [0.15, 0.2) is 29.2 Å². The summed E-state index contributed by atoms with van der Waals surface area (Å²) in [7, 11) is 0.736. The molecule has 0 saturated heterocycles. The van der Waals surface area contributed by atoms with Gasteiger partial charge in [0.1, 0.15) is 0 Å². The predicted molar refractivity (Wildman–Crippen MR) is 83.6 cm³/mol. The lowest BCUT2D eigenvalue weighted by Gasteiger charge is -2.18. The summed E-state index contributed by atoms with van der Waals surface area (Å²) < 4.78 is 26.1. The molecule has 1 unspecified atom stereocenters. The minimum Gasteiger partial charge on any atom is -0.383 e. The first-order chi connectivity index (χ1) is 9.35. The molecule has 0 fully saturated rings. The van der Waals surface area contributed by atoms with Crippen LogP contribution in [0.4, 0.5) is 5.69 Å². The fraction of sp³-hybridized carbons (Fsp3) is 0.571. The molecule has 0 aliphatic carbocycles. The fourth-order valence-electron chi connectivity index (χ4n) is 1.81. The molecule has 1 aromatic carbocycles. The predicted octanol–water partition coefficient (Wildman–Crippen LogP) is 1.74. The summed E-state index contributed by atoms with van der Waals surface area (Å²) in [4.78, 5) is 2.44. The Hall–Kier alpha value is -1.11. The molecule has 2 N–H and O–H groups in total. The minimum absolute atomic E-state index is 0.297. The second-order valence-corrected chi connectivity index (χ2v) is 6.93. The van der Waals surface area contributed by atoms with E-state index in [0.717, 1.165) is 18.7 Å². The minimum atomic E-state index is -3.36. The highest BCUT2D eigenvalue weighted by atomic mass is 32.2. The van der Waals surface area contributed by atoms with E-state index in [-0.39, 0.29) is 0 Å². The number of nitrogens with zero attached hydrogens (tertiary/aromatic N) is 1. The Morgan fingerprint density at radius 1 is 1.20 bits per heavy atom. The van der Waals surface area contributed by atoms with Gasteiger partial charge in [0.15, 0.2) is 0 Å². The first-order valence-electron chi connectivity index (χ1n) is 6.86. The number of anilines is 1. The van der Waals surface area contributed by atoms with E-state index in [1.165, 1.54) is 0 Å². The second-order valence-electron chi connectivity index (χ2n) is 5.16. The fourth-order valence-corrected chi connectivity index (χ4v) is 2.85. The summed E-state index contributed by atoms with van der Waals surface area (Å²) in [6, 6.07) is 7.19. The van der Waals surface area contributed by atoms with Crippen LogP contribution in [-0.4, -0.2) is 46.5 Å². The van der Waals surface area contributed by atoms with Crippen molar-refractivity contribution >= 4 is 15.7 Å². The van der Waals surface area contributed by atoms with E-state index in [0.29, 0.717) is 17.5 Å². The maximum atomic E-state index is 11.8. The third kappa shape index (κ3) is 5.48. The molecule has 0 aliphatic heterocycles. The van der Waals surface area contributed by atoms with Crippen molar-refractivity contribution in [3.05, 3.63) is 24.3 Å². The Morgan fingerprint density at radius 2 is 1.80 bits per heavy atom. The van der Waals surface area contributed by atoms with Gasteiger partial charge in [-0.1, -0.05) is 6.92 Å². The lowest BCUT2D eigenvalue weighted by Crippen LogP contribution is -2.24. The van der Waals surface area contributed by atoms with Gasteiger partial charge >= 0.3 is 0 Å². The number of hydrogen-bond acceptors (Lipinski definition) is 4. The first-order valence-corrected chi connectivity index (χ1v) is 8.34. The number of rotatable bonds is 8. The molecule has 0 spiro atoms. The number of benzene rings is 1. The molecule has 0 amide bonds. The molecule has 0 aliphatic rings. The largest absolute Gasteiger partial charge is 0.383 e. The van der Waals surface area contributed by atoms with Crippen molar-refractivity contribution in [1.29, 1.82) is 0 Å². The SMILES string of the molecule is CCNS(=O)(=O)c1ccc(NC(C)CCN(C)C)cc1. The average molecular weight is 299 g/mol. The van der Waals surface area contributed by atoms with Crippen LogP contribution < -0.4 is 10.0 Å². The summed E-state index contributed by atoms with van der Waals surface area (Å²) in [5.41, 5.74) is 0.937. The van der Waals surface area contributed by atoms with Gasteiger partial charge in [-0.05, 0) is 58.3 Å². The Labute approximate surface area is 122 Å². The molecule has 0 aromatic heterocycles. The zero-order valence-electron chi connectivity index (χ0n) is 12.7. The van der Waals surface area contributed by atoms with Gasteiger partial charge < -0.3 is 10.2 Å². The van der Waals surface area contributed by atoms with Crippen LogP contribution in [0.5, 0.6) is 0 Å². The van der Waals surface area contributed by atoms with Crippen molar-refractivity contribution in [2.24, 2.45) is 0 Å².